The zero-order chi connectivity index (χ0) is 20.2. The number of ether oxygens (including phenoxy) is 1. The fraction of sp³-hybridized carbons (Fsp3) is 0.364. The number of carbonyl (C=O) groups excluding carboxylic acids is 2. The molecule has 2 N–H and O–H groups in total. The molecule has 0 saturated heterocycles. The second-order valence-corrected chi connectivity index (χ2v) is 7.44. The van der Waals surface area contributed by atoms with Gasteiger partial charge in [0.25, 0.3) is 0 Å². The van der Waals surface area contributed by atoms with Crippen LogP contribution in [-0.2, 0) is 9.59 Å². The smallest absolute Gasteiger partial charge is 0.239 e. The summed E-state index contributed by atoms with van der Waals surface area (Å²) < 4.78 is 5.73. The molecule has 2 aromatic rings. The van der Waals surface area contributed by atoms with Crippen LogP contribution in [0.3, 0.4) is 0 Å². The summed E-state index contributed by atoms with van der Waals surface area (Å²) in [7, 11) is 0. The highest BCUT2D eigenvalue weighted by atomic mass is 16.5. The summed E-state index contributed by atoms with van der Waals surface area (Å²) >= 11 is 0. The van der Waals surface area contributed by atoms with E-state index in [1.165, 1.54) is 0 Å². The van der Waals surface area contributed by atoms with Crippen LogP contribution in [0.15, 0.2) is 42.5 Å². The summed E-state index contributed by atoms with van der Waals surface area (Å²) in [6, 6.07) is 12.9. The first-order valence-corrected chi connectivity index (χ1v) is 9.07. The van der Waals surface area contributed by atoms with Crippen molar-refractivity contribution in [1.29, 1.82) is 0 Å². The molecule has 2 aromatic carbocycles. The van der Waals surface area contributed by atoms with Crippen LogP contribution in [0.2, 0.25) is 0 Å². The van der Waals surface area contributed by atoms with Gasteiger partial charge >= 0.3 is 0 Å². The first-order valence-electron chi connectivity index (χ1n) is 9.07. The molecule has 5 heteroatoms. The standard InChI is InChI=1S/C22H28N2O3/c1-14(2)27-19-13-8-7-11-18(19)24-21(26)22(5,6)20(25)23-17-12-9-10-15(3)16(17)4/h7-14H,1-6H3,(H,23,25)(H,24,26). The summed E-state index contributed by atoms with van der Waals surface area (Å²) in [6.07, 6.45) is -0.0244. The largest absolute Gasteiger partial charge is 0.489 e. The molecule has 0 bridgehead atoms. The van der Waals surface area contributed by atoms with E-state index in [2.05, 4.69) is 10.6 Å². The number of anilines is 2. The van der Waals surface area contributed by atoms with E-state index in [9.17, 15) is 9.59 Å². The summed E-state index contributed by atoms with van der Waals surface area (Å²) in [5.41, 5.74) is 2.06. The van der Waals surface area contributed by atoms with Crippen molar-refractivity contribution in [3.63, 3.8) is 0 Å². The van der Waals surface area contributed by atoms with E-state index in [4.69, 9.17) is 4.74 Å². The fourth-order valence-corrected chi connectivity index (χ4v) is 2.47. The summed E-state index contributed by atoms with van der Waals surface area (Å²) in [5, 5.41) is 5.70. The molecular weight excluding hydrogens is 340 g/mol. The van der Waals surface area contributed by atoms with E-state index >= 15 is 0 Å². The minimum Gasteiger partial charge on any atom is -0.489 e. The number of para-hydroxylation sites is 2. The highest BCUT2D eigenvalue weighted by Crippen LogP contribution is 2.28. The lowest BCUT2D eigenvalue weighted by Gasteiger charge is -2.24. The lowest BCUT2D eigenvalue weighted by atomic mass is 9.90. The van der Waals surface area contributed by atoms with E-state index in [-0.39, 0.29) is 12.0 Å². The van der Waals surface area contributed by atoms with Gasteiger partial charge in [0.1, 0.15) is 11.2 Å². The van der Waals surface area contributed by atoms with Gasteiger partial charge in [-0.25, -0.2) is 0 Å². The Morgan fingerprint density at radius 2 is 1.44 bits per heavy atom. The van der Waals surface area contributed by atoms with Gasteiger partial charge in [0.15, 0.2) is 0 Å². The van der Waals surface area contributed by atoms with Crippen LogP contribution in [0.25, 0.3) is 0 Å². The molecule has 144 valence electrons. The van der Waals surface area contributed by atoms with E-state index in [1.54, 1.807) is 26.0 Å². The lowest BCUT2D eigenvalue weighted by molar-refractivity contribution is -0.135. The highest BCUT2D eigenvalue weighted by Gasteiger charge is 2.36. The number of aryl methyl sites for hydroxylation is 1. The first-order chi connectivity index (χ1) is 12.6. The number of amides is 2. The van der Waals surface area contributed by atoms with Crippen LogP contribution in [0.4, 0.5) is 11.4 Å². The zero-order valence-electron chi connectivity index (χ0n) is 16.8. The van der Waals surface area contributed by atoms with Gasteiger partial charge in [0.05, 0.1) is 11.8 Å². The molecule has 0 aliphatic heterocycles. The van der Waals surface area contributed by atoms with Crippen molar-refractivity contribution in [2.75, 3.05) is 10.6 Å². The van der Waals surface area contributed by atoms with Crippen molar-refractivity contribution in [3.05, 3.63) is 53.6 Å². The maximum absolute atomic E-state index is 12.8. The van der Waals surface area contributed by atoms with Crippen molar-refractivity contribution >= 4 is 23.2 Å². The quantitative estimate of drug-likeness (QED) is 0.727. The Labute approximate surface area is 161 Å². The third-order valence-corrected chi connectivity index (χ3v) is 4.49. The van der Waals surface area contributed by atoms with Gasteiger partial charge in [-0.1, -0.05) is 24.3 Å². The maximum Gasteiger partial charge on any atom is 0.239 e. The maximum atomic E-state index is 12.8. The third kappa shape index (κ3) is 4.88. The molecule has 2 rings (SSSR count). The Morgan fingerprint density at radius 1 is 0.889 bits per heavy atom. The predicted octanol–water partition coefficient (Wildman–Crippen LogP) is 4.69. The molecule has 0 saturated carbocycles. The molecule has 0 atom stereocenters. The van der Waals surface area contributed by atoms with Crippen molar-refractivity contribution in [2.45, 2.75) is 47.6 Å². The Morgan fingerprint density at radius 3 is 2.07 bits per heavy atom. The van der Waals surface area contributed by atoms with Crippen molar-refractivity contribution in [3.8, 4) is 5.75 Å². The number of nitrogens with one attached hydrogen (secondary N) is 2. The summed E-state index contributed by atoms with van der Waals surface area (Å²) in [4.78, 5) is 25.6. The normalized spacial score (nSPS) is 11.2. The van der Waals surface area contributed by atoms with Crippen molar-refractivity contribution in [2.24, 2.45) is 5.41 Å². The Bertz CT molecular complexity index is 841. The van der Waals surface area contributed by atoms with E-state index < -0.39 is 11.3 Å². The fourth-order valence-electron chi connectivity index (χ4n) is 2.47. The average molecular weight is 368 g/mol. The second kappa shape index (κ2) is 8.25. The molecular formula is C22H28N2O3. The van der Waals surface area contributed by atoms with Gasteiger partial charge in [-0.05, 0) is 70.9 Å². The molecule has 0 aliphatic rings. The van der Waals surface area contributed by atoms with Crippen LogP contribution in [0, 0.1) is 19.3 Å². The molecule has 5 nitrogen and oxygen atoms in total. The first kappa shape index (κ1) is 20.5. The van der Waals surface area contributed by atoms with Crippen LogP contribution >= 0.6 is 0 Å². The lowest BCUT2D eigenvalue weighted by Crippen LogP contribution is -2.41. The highest BCUT2D eigenvalue weighted by molar-refractivity contribution is 6.14. The third-order valence-electron chi connectivity index (χ3n) is 4.49. The monoisotopic (exact) mass is 368 g/mol. The molecule has 0 aromatic heterocycles. The Balaban J connectivity index is 2.17. The van der Waals surface area contributed by atoms with Gasteiger partial charge in [0, 0.05) is 5.69 Å². The van der Waals surface area contributed by atoms with Gasteiger partial charge < -0.3 is 15.4 Å². The average Bonchev–Trinajstić information content (AvgIpc) is 2.60. The SMILES string of the molecule is Cc1cccc(NC(=O)C(C)(C)C(=O)Nc2ccccc2OC(C)C)c1C. The van der Waals surface area contributed by atoms with Gasteiger partial charge in [0.2, 0.25) is 11.8 Å². The second-order valence-electron chi connectivity index (χ2n) is 7.44. The Kier molecular flexibility index (Phi) is 6.26. The van der Waals surface area contributed by atoms with Crippen LogP contribution in [0.5, 0.6) is 5.75 Å². The molecule has 0 aliphatic carbocycles. The van der Waals surface area contributed by atoms with Crippen molar-refractivity contribution < 1.29 is 14.3 Å². The molecule has 0 fully saturated rings. The van der Waals surface area contributed by atoms with Gasteiger partial charge in [-0.15, -0.1) is 0 Å². The number of carbonyl (C=O) groups is 2. The molecule has 0 heterocycles. The van der Waals surface area contributed by atoms with Gasteiger partial charge in [-0.3, -0.25) is 9.59 Å². The molecule has 0 radical (unpaired) electrons. The van der Waals surface area contributed by atoms with Crippen LogP contribution in [0.1, 0.15) is 38.8 Å². The molecule has 2 amide bonds. The minimum atomic E-state index is -1.26. The van der Waals surface area contributed by atoms with E-state index in [0.717, 1.165) is 11.1 Å². The Hall–Kier alpha value is -2.82. The molecule has 0 spiro atoms. The van der Waals surface area contributed by atoms with E-state index in [0.29, 0.717) is 17.1 Å². The predicted molar refractivity (Wildman–Crippen MR) is 109 cm³/mol. The van der Waals surface area contributed by atoms with E-state index in [1.807, 2.05) is 58.0 Å². The minimum absolute atomic E-state index is 0.0244. The zero-order valence-corrected chi connectivity index (χ0v) is 16.8. The summed E-state index contributed by atoms with van der Waals surface area (Å²) in [6.45, 7) is 11.0. The van der Waals surface area contributed by atoms with Crippen LogP contribution in [-0.4, -0.2) is 17.9 Å². The molecule has 0 unspecified atom stereocenters. The number of rotatable bonds is 6. The number of hydrogen-bond donors (Lipinski definition) is 2. The molecule has 27 heavy (non-hydrogen) atoms. The van der Waals surface area contributed by atoms with Crippen molar-refractivity contribution in [1.82, 2.24) is 0 Å². The number of hydrogen-bond acceptors (Lipinski definition) is 3. The summed E-state index contributed by atoms with van der Waals surface area (Å²) in [5.74, 6) is -0.187. The number of benzene rings is 2. The van der Waals surface area contributed by atoms with Crippen LogP contribution < -0.4 is 15.4 Å². The van der Waals surface area contributed by atoms with Gasteiger partial charge in [-0.2, -0.15) is 0 Å². The topological polar surface area (TPSA) is 67.4 Å².